The third-order valence-electron chi connectivity index (χ3n) is 3.51. The minimum atomic E-state index is -3.42. The van der Waals surface area contributed by atoms with Gasteiger partial charge in [-0.05, 0) is 35.7 Å². The minimum absolute atomic E-state index is 0.210. The molecular formula is C14H11FN2O4S. The molecule has 1 atom stereocenters. The smallest absolute Gasteiger partial charge is 0.264 e. The molecule has 2 aromatic rings. The maximum atomic E-state index is 13.5. The van der Waals surface area contributed by atoms with Crippen molar-refractivity contribution in [2.75, 3.05) is 5.75 Å². The van der Waals surface area contributed by atoms with Crippen molar-refractivity contribution >= 4 is 26.6 Å². The van der Waals surface area contributed by atoms with Crippen LogP contribution in [0.15, 0.2) is 40.5 Å². The van der Waals surface area contributed by atoms with Crippen molar-refractivity contribution in [3.05, 3.63) is 57.5 Å². The Balaban J connectivity index is 2.38. The highest BCUT2D eigenvalue weighted by molar-refractivity contribution is 7.94. The highest BCUT2D eigenvalue weighted by Crippen LogP contribution is 2.24. The maximum Gasteiger partial charge on any atom is 0.264 e. The molecule has 0 bridgehead atoms. The number of fused-ring (bicyclic) bond motifs is 1. The van der Waals surface area contributed by atoms with E-state index in [0.29, 0.717) is 5.39 Å². The van der Waals surface area contributed by atoms with E-state index in [0.717, 1.165) is 16.0 Å². The number of benzene rings is 1. The van der Waals surface area contributed by atoms with E-state index in [9.17, 15) is 22.4 Å². The maximum absolute atomic E-state index is 13.5. The van der Waals surface area contributed by atoms with E-state index in [2.05, 4.69) is 0 Å². The van der Waals surface area contributed by atoms with Crippen LogP contribution in [0.3, 0.4) is 0 Å². The lowest BCUT2D eigenvalue weighted by atomic mass is 10.1. The van der Waals surface area contributed by atoms with Gasteiger partial charge in [0, 0.05) is 5.41 Å². The molecule has 1 aromatic heterocycles. The number of hydrogen-bond acceptors (Lipinski definition) is 4. The van der Waals surface area contributed by atoms with E-state index < -0.39 is 33.2 Å². The van der Waals surface area contributed by atoms with E-state index in [4.69, 9.17) is 5.73 Å². The van der Waals surface area contributed by atoms with Crippen molar-refractivity contribution in [1.29, 1.82) is 0 Å². The fraction of sp³-hybridized carbons (Fsp3) is 0.143. The number of primary amides is 1. The number of halogens is 1. The second-order valence-corrected chi connectivity index (χ2v) is 6.96. The third kappa shape index (κ3) is 2.31. The lowest BCUT2D eigenvalue weighted by molar-refractivity contribution is 0.0998. The van der Waals surface area contributed by atoms with E-state index in [1.807, 2.05) is 0 Å². The largest absolute Gasteiger partial charge is 0.365 e. The number of aromatic nitrogens is 1. The molecule has 22 heavy (non-hydrogen) atoms. The number of nitrogens with two attached hydrogens (primary N) is 1. The predicted molar refractivity (Wildman–Crippen MR) is 78.6 cm³/mol. The van der Waals surface area contributed by atoms with Gasteiger partial charge in [-0.3, -0.25) is 14.2 Å². The Kier molecular flexibility index (Phi) is 3.13. The van der Waals surface area contributed by atoms with Gasteiger partial charge >= 0.3 is 0 Å². The van der Waals surface area contributed by atoms with Gasteiger partial charge in [-0.25, -0.2) is 12.8 Å². The molecule has 0 radical (unpaired) electrons. The SMILES string of the molecule is NC(=O)c1cc2ccc(F)cc2n(C2C=CS(=O)(=O)C2)c1=O. The first kappa shape index (κ1) is 14.5. The summed E-state index contributed by atoms with van der Waals surface area (Å²) >= 11 is 0. The Labute approximate surface area is 124 Å². The molecule has 2 heterocycles. The lowest BCUT2D eigenvalue weighted by Crippen LogP contribution is -2.32. The van der Waals surface area contributed by atoms with E-state index >= 15 is 0 Å². The second-order valence-electron chi connectivity index (χ2n) is 5.03. The van der Waals surface area contributed by atoms with Gasteiger partial charge in [0.15, 0.2) is 9.84 Å². The number of rotatable bonds is 2. The van der Waals surface area contributed by atoms with Gasteiger partial charge < -0.3 is 5.73 Å². The van der Waals surface area contributed by atoms with Crippen LogP contribution in [-0.2, 0) is 9.84 Å². The molecule has 114 valence electrons. The zero-order valence-electron chi connectivity index (χ0n) is 11.2. The summed E-state index contributed by atoms with van der Waals surface area (Å²) in [6.07, 6.45) is 1.34. The standard InChI is InChI=1S/C14H11FN2O4S/c15-9-2-1-8-5-11(13(16)18)14(19)17(12(8)6-9)10-3-4-22(20,21)7-10/h1-6,10H,7H2,(H2,16,18). The molecule has 1 amide bonds. The summed E-state index contributed by atoms with van der Waals surface area (Å²) < 4.78 is 37.8. The first-order valence-corrected chi connectivity index (χ1v) is 8.05. The number of hydrogen-bond donors (Lipinski definition) is 1. The fourth-order valence-corrected chi connectivity index (χ4v) is 3.80. The van der Waals surface area contributed by atoms with Crippen LogP contribution in [0.2, 0.25) is 0 Å². The Morgan fingerprint density at radius 2 is 2.05 bits per heavy atom. The summed E-state index contributed by atoms with van der Waals surface area (Å²) in [5.74, 6) is -1.81. The molecule has 2 N–H and O–H groups in total. The van der Waals surface area contributed by atoms with Gasteiger partial charge in [0.1, 0.15) is 11.4 Å². The van der Waals surface area contributed by atoms with Crippen LogP contribution < -0.4 is 11.3 Å². The van der Waals surface area contributed by atoms with Crippen molar-refractivity contribution < 1.29 is 17.6 Å². The third-order valence-corrected chi connectivity index (χ3v) is 4.89. The summed E-state index contributed by atoms with van der Waals surface area (Å²) in [4.78, 5) is 23.9. The van der Waals surface area contributed by atoms with Crippen molar-refractivity contribution in [2.24, 2.45) is 5.73 Å². The summed E-state index contributed by atoms with van der Waals surface area (Å²) in [6, 6.07) is 4.19. The van der Waals surface area contributed by atoms with Crippen LogP contribution in [0.5, 0.6) is 0 Å². The predicted octanol–water partition coefficient (Wildman–Crippen LogP) is 0.723. The quantitative estimate of drug-likeness (QED) is 0.880. The topological polar surface area (TPSA) is 99.2 Å². The zero-order chi connectivity index (χ0) is 16.1. The summed E-state index contributed by atoms with van der Waals surface area (Å²) in [6.45, 7) is 0. The number of carbonyl (C=O) groups is 1. The minimum Gasteiger partial charge on any atom is -0.365 e. The first-order chi connectivity index (χ1) is 10.3. The summed E-state index contributed by atoms with van der Waals surface area (Å²) in [7, 11) is -3.42. The number of allylic oxidation sites excluding steroid dienone is 1. The normalized spacial score (nSPS) is 19.6. The lowest BCUT2D eigenvalue weighted by Gasteiger charge is -2.16. The molecular weight excluding hydrogens is 311 g/mol. The average molecular weight is 322 g/mol. The highest BCUT2D eigenvalue weighted by Gasteiger charge is 2.26. The molecule has 3 rings (SSSR count). The van der Waals surface area contributed by atoms with Crippen LogP contribution >= 0.6 is 0 Å². The number of sulfone groups is 1. The molecule has 1 aliphatic rings. The molecule has 0 saturated heterocycles. The van der Waals surface area contributed by atoms with E-state index in [-0.39, 0.29) is 16.8 Å². The molecule has 0 fully saturated rings. The van der Waals surface area contributed by atoms with Gasteiger partial charge in [-0.15, -0.1) is 0 Å². The Morgan fingerprint density at radius 1 is 1.32 bits per heavy atom. The summed E-state index contributed by atoms with van der Waals surface area (Å²) in [5, 5.41) is 1.43. The molecule has 8 heteroatoms. The van der Waals surface area contributed by atoms with Gasteiger partial charge in [-0.2, -0.15) is 0 Å². The van der Waals surface area contributed by atoms with E-state index in [1.165, 1.54) is 24.3 Å². The first-order valence-electron chi connectivity index (χ1n) is 6.34. The van der Waals surface area contributed by atoms with E-state index in [1.54, 1.807) is 0 Å². The van der Waals surface area contributed by atoms with Crippen molar-refractivity contribution in [3.8, 4) is 0 Å². The fourth-order valence-electron chi connectivity index (χ4n) is 2.53. The zero-order valence-corrected chi connectivity index (χ0v) is 12.0. The highest BCUT2D eigenvalue weighted by atomic mass is 32.2. The van der Waals surface area contributed by atoms with Gasteiger partial charge in [-0.1, -0.05) is 0 Å². The monoisotopic (exact) mass is 322 g/mol. The van der Waals surface area contributed by atoms with Crippen LogP contribution in [0.4, 0.5) is 4.39 Å². The average Bonchev–Trinajstić information content (AvgIpc) is 2.77. The van der Waals surface area contributed by atoms with Gasteiger partial charge in [0.2, 0.25) is 0 Å². The Morgan fingerprint density at radius 3 is 2.64 bits per heavy atom. The molecule has 0 spiro atoms. The molecule has 6 nitrogen and oxygen atoms in total. The number of amides is 1. The van der Waals surface area contributed by atoms with Crippen LogP contribution in [-0.4, -0.2) is 24.6 Å². The Bertz CT molecular complexity index is 992. The molecule has 0 aliphatic carbocycles. The van der Waals surface area contributed by atoms with Gasteiger partial charge in [0.25, 0.3) is 11.5 Å². The molecule has 1 aromatic carbocycles. The molecule has 0 saturated carbocycles. The second kappa shape index (κ2) is 4.77. The van der Waals surface area contributed by atoms with Crippen molar-refractivity contribution in [1.82, 2.24) is 4.57 Å². The van der Waals surface area contributed by atoms with Crippen molar-refractivity contribution in [2.45, 2.75) is 6.04 Å². The molecule has 1 aliphatic heterocycles. The number of pyridine rings is 1. The number of nitrogens with zero attached hydrogens (tertiary/aromatic N) is 1. The van der Waals surface area contributed by atoms with Crippen LogP contribution in [0.1, 0.15) is 16.4 Å². The van der Waals surface area contributed by atoms with Gasteiger partial charge in [0.05, 0.1) is 17.3 Å². The molecule has 1 unspecified atom stereocenters. The Hall–Kier alpha value is -2.48. The van der Waals surface area contributed by atoms with Crippen LogP contribution in [0.25, 0.3) is 10.9 Å². The summed E-state index contributed by atoms with van der Waals surface area (Å²) in [5.41, 5.74) is 4.40. The van der Waals surface area contributed by atoms with Crippen molar-refractivity contribution in [3.63, 3.8) is 0 Å². The van der Waals surface area contributed by atoms with Crippen LogP contribution in [0, 0.1) is 5.82 Å². The number of carbonyl (C=O) groups excluding carboxylic acids is 1.